The molecular formula is C58H34N2O. The van der Waals surface area contributed by atoms with Gasteiger partial charge >= 0.3 is 0 Å². The highest BCUT2D eigenvalue weighted by Crippen LogP contribution is 2.49. The Morgan fingerprint density at radius 1 is 0.295 bits per heavy atom. The Morgan fingerprint density at radius 3 is 1.20 bits per heavy atom. The van der Waals surface area contributed by atoms with E-state index in [-0.39, 0.29) is 0 Å². The van der Waals surface area contributed by atoms with Crippen molar-refractivity contribution in [2.45, 2.75) is 0 Å². The van der Waals surface area contributed by atoms with Crippen LogP contribution in [0.1, 0.15) is 0 Å². The fourth-order valence-electron chi connectivity index (χ4n) is 10.1. The van der Waals surface area contributed by atoms with Crippen molar-refractivity contribution in [3.05, 3.63) is 207 Å². The van der Waals surface area contributed by atoms with Crippen LogP contribution in [0.25, 0.3) is 131 Å². The van der Waals surface area contributed by atoms with Gasteiger partial charge in [0, 0.05) is 33.9 Å². The third-order valence-corrected chi connectivity index (χ3v) is 12.7. The highest BCUT2D eigenvalue weighted by Gasteiger charge is 2.22. The fourth-order valence-corrected chi connectivity index (χ4v) is 10.1. The van der Waals surface area contributed by atoms with Gasteiger partial charge in [-0.25, -0.2) is 0 Å². The quantitative estimate of drug-likeness (QED) is 0.167. The van der Waals surface area contributed by atoms with Gasteiger partial charge in [0.25, 0.3) is 0 Å². The van der Waals surface area contributed by atoms with Crippen LogP contribution >= 0.6 is 0 Å². The van der Waals surface area contributed by atoms with Crippen molar-refractivity contribution < 1.29 is 4.42 Å². The summed E-state index contributed by atoms with van der Waals surface area (Å²) in [6.07, 6.45) is 3.74. The van der Waals surface area contributed by atoms with Crippen LogP contribution in [-0.2, 0) is 0 Å². The van der Waals surface area contributed by atoms with Crippen LogP contribution in [0, 0.1) is 0 Å². The molecule has 0 fully saturated rings. The van der Waals surface area contributed by atoms with E-state index in [9.17, 15) is 0 Å². The van der Waals surface area contributed by atoms with Crippen LogP contribution in [0.3, 0.4) is 0 Å². The van der Waals surface area contributed by atoms with E-state index in [2.05, 4.69) is 182 Å². The predicted octanol–water partition coefficient (Wildman–Crippen LogP) is 16.0. The summed E-state index contributed by atoms with van der Waals surface area (Å²) in [4.78, 5) is 9.43. The number of pyridine rings is 2. The van der Waals surface area contributed by atoms with Gasteiger partial charge < -0.3 is 4.42 Å². The topological polar surface area (TPSA) is 38.9 Å². The lowest BCUT2D eigenvalue weighted by molar-refractivity contribution is 0.669. The molecule has 282 valence electrons. The van der Waals surface area contributed by atoms with E-state index in [1.165, 1.54) is 65.3 Å². The zero-order valence-electron chi connectivity index (χ0n) is 32.9. The summed E-state index contributed by atoms with van der Waals surface area (Å²) in [5.41, 5.74) is 13.2. The second kappa shape index (κ2) is 13.2. The van der Waals surface area contributed by atoms with Gasteiger partial charge in [-0.1, -0.05) is 152 Å². The summed E-state index contributed by atoms with van der Waals surface area (Å²) in [5.74, 6) is 0. The molecule has 13 rings (SSSR count). The molecule has 3 heterocycles. The van der Waals surface area contributed by atoms with Crippen molar-refractivity contribution in [3.63, 3.8) is 0 Å². The first-order chi connectivity index (χ1) is 30.3. The first kappa shape index (κ1) is 33.8. The summed E-state index contributed by atoms with van der Waals surface area (Å²) >= 11 is 0. The van der Waals surface area contributed by atoms with E-state index in [1.54, 1.807) is 0 Å². The highest BCUT2D eigenvalue weighted by atomic mass is 16.3. The van der Waals surface area contributed by atoms with E-state index in [0.29, 0.717) is 0 Å². The summed E-state index contributed by atoms with van der Waals surface area (Å²) < 4.78 is 6.88. The molecule has 0 spiro atoms. The van der Waals surface area contributed by atoms with Crippen molar-refractivity contribution >= 4 is 86.8 Å². The number of nitrogens with zero attached hydrogens (tertiary/aromatic N) is 2. The predicted molar refractivity (Wildman–Crippen MR) is 256 cm³/mol. The minimum Gasteiger partial charge on any atom is -0.456 e. The molecule has 0 atom stereocenters. The molecule has 0 aliphatic rings. The van der Waals surface area contributed by atoms with Gasteiger partial charge in [-0.3, -0.25) is 9.97 Å². The van der Waals surface area contributed by atoms with Crippen LogP contribution in [-0.4, -0.2) is 9.97 Å². The molecule has 0 unspecified atom stereocenters. The molecule has 0 bridgehead atoms. The summed E-state index contributed by atoms with van der Waals surface area (Å²) in [7, 11) is 0. The fraction of sp³-hybridized carbons (Fsp3) is 0. The highest BCUT2D eigenvalue weighted by molar-refractivity contribution is 6.27. The molecule has 3 aromatic heterocycles. The summed E-state index contributed by atoms with van der Waals surface area (Å²) in [6.45, 7) is 0. The maximum Gasteiger partial charge on any atom is 0.136 e. The maximum atomic E-state index is 6.88. The monoisotopic (exact) mass is 774 g/mol. The van der Waals surface area contributed by atoms with Crippen LogP contribution in [0.15, 0.2) is 211 Å². The molecule has 61 heavy (non-hydrogen) atoms. The Kier molecular flexibility index (Phi) is 7.31. The molecule has 0 aliphatic heterocycles. The number of benzene rings is 10. The lowest BCUT2D eigenvalue weighted by Gasteiger charge is -2.18. The summed E-state index contributed by atoms with van der Waals surface area (Å²) in [6, 6.07) is 70.1. The molecular weight excluding hydrogens is 741 g/mol. The zero-order chi connectivity index (χ0) is 40.0. The molecule has 13 aromatic rings. The Hall–Kier alpha value is -8.14. The smallest absolute Gasteiger partial charge is 0.136 e. The third kappa shape index (κ3) is 5.11. The van der Waals surface area contributed by atoms with Crippen molar-refractivity contribution in [2.75, 3.05) is 0 Å². The Labute approximate surface area is 350 Å². The van der Waals surface area contributed by atoms with Crippen LogP contribution in [0.5, 0.6) is 0 Å². The van der Waals surface area contributed by atoms with Crippen molar-refractivity contribution in [1.82, 2.24) is 9.97 Å². The number of hydrogen-bond donors (Lipinski definition) is 0. The Balaban J connectivity index is 1.04. The minimum absolute atomic E-state index is 0.867. The standard InChI is InChI=1S/C58H34N2O/c1-3-16-42-40(14-1)54(37-26-24-35-12-10-30-59-50(35)32-37)41-15-2-4-17-43(41)56(42)39-28-29-48-53(34-39)61-52-23-9-22-49(58(48)52)57-46-20-7-5-18-44(46)55(45-19-6-8-21-47(45)57)38-27-25-36-13-11-31-60-51(36)33-38/h1-34H. The van der Waals surface area contributed by atoms with Crippen LogP contribution in [0.4, 0.5) is 0 Å². The molecule has 0 aliphatic carbocycles. The Bertz CT molecular complexity index is 3840. The second-order valence-corrected chi connectivity index (χ2v) is 16.0. The third-order valence-electron chi connectivity index (χ3n) is 12.7. The van der Waals surface area contributed by atoms with Gasteiger partial charge in [0.2, 0.25) is 0 Å². The van der Waals surface area contributed by atoms with E-state index in [1.807, 2.05) is 24.5 Å². The van der Waals surface area contributed by atoms with Gasteiger partial charge in [-0.05, 0) is 130 Å². The maximum absolute atomic E-state index is 6.88. The van der Waals surface area contributed by atoms with E-state index in [4.69, 9.17) is 14.4 Å². The minimum atomic E-state index is 0.867. The zero-order valence-corrected chi connectivity index (χ0v) is 32.9. The number of aromatic nitrogens is 2. The molecule has 0 saturated heterocycles. The molecule has 0 N–H and O–H groups in total. The SMILES string of the molecule is c1cnc2cc(-c3c4ccccc4c(-c4ccc5c(c4)oc4cccc(-c6c7ccccc7c(-c7ccc8cccnc8c7)c7ccccc67)c45)c4ccccc34)ccc2c1. The first-order valence-corrected chi connectivity index (χ1v) is 20.8. The number of rotatable bonds is 4. The normalized spacial score (nSPS) is 11.9. The van der Waals surface area contributed by atoms with Gasteiger partial charge in [0.05, 0.1) is 11.0 Å². The van der Waals surface area contributed by atoms with Gasteiger partial charge in [0.15, 0.2) is 0 Å². The molecule has 0 saturated carbocycles. The average molecular weight is 775 g/mol. The van der Waals surface area contributed by atoms with Crippen molar-refractivity contribution in [3.8, 4) is 44.5 Å². The lowest BCUT2D eigenvalue weighted by atomic mass is 9.84. The largest absolute Gasteiger partial charge is 0.456 e. The van der Waals surface area contributed by atoms with Crippen LogP contribution in [0.2, 0.25) is 0 Å². The molecule has 0 amide bonds. The van der Waals surface area contributed by atoms with Gasteiger partial charge in [0.1, 0.15) is 11.2 Å². The van der Waals surface area contributed by atoms with Gasteiger partial charge in [-0.15, -0.1) is 0 Å². The molecule has 3 nitrogen and oxygen atoms in total. The molecule has 3 heteroatoms. The Morgan fingerprint density at radius 2 is 0.721 bits per heavy atom. The van der Waals surface area contributed by atoms with Crippen molar-refractivity contribution in [1.29, 1.82) is 0 Å². The molecule has 10 aromatic carbocycles. The van der Waals surface area contributed by atoms with Crippen molar-refractivity contribution in [2.24, 2.45) is 0 Å². The number of fused-ring (bicyclic) bond motifs is 9. The van der Waals surface area contributed by atoms with E-state index >= 15 is 0 Å². The lowest BCUT2D eigenvalue weighted by Crippen LogP contribution is -1.92. The van der Waals surface area contributed by atoms with E-state index < -0.39 is 0 Å². The second-order valence-electron chi connectivity index (χ2n) is 16.0. The van der Waals surface area contributed by atoms with E-state index in [0.717, 1.165) is 66.0 Å². The number of furan rings is 1. The number of hydrogen-bond acceptors (Lipinski definition) is 3. The summed E-state index contributed by atoms with van der Waals surface area (Å²) in [5, 5.41) is 14.1. The molecule has 0 radical (unpaired) electrons. The first-order valence-electron chi connectivity index (χ1n) is 20.8. The van der Waals surface area contributed by atoms with Crippen LogP contribution < -0.4 is 0 Å². The average Bonchev–Trinajstić information content (AvgIpc) is 3.70. The van der Waals surface area contributed by atoms with Gasteiger partial charge in [-0.2, -0.15) is 0 Å².